The van der Waals surface area contributed by atoms with Gasteiger partial charge >= 0.3 is 0 Å². The Labute approximate surface area is 365 Å². The molecule has 1 saturated heterocycles. The quantitative estimate of drug-likeness (QED) is 0.0456. The molecule has 0 saturated carbocycles. The van der Waals surface area contributed by atoms with E-state index in [1.165, 1.54) is 38.4 Å². The Morgan fingerprint density at radius 1 is 1.06 bits per heavy atom. The number of aliphatic imine (C=N–C) groups is 1. The number of dihydropyridines is 2. The van der Waals surface area contributed by atoms with Crippen LogP contribution in [0.2, 0.25) is 0 Å². The molecule has 0 aromatic heterocycles. The number of phenolic OH excluding ortho intramolecular Hbond substituents is 1. The van der Waals surface area contributed by atoms with Gasteiger partial charge in [-0.15, -0.1) is 0 Å². The highest BCUT2D eigenvalue weighted by Gasteiger charge is 2.65. The molecule has 0 bridgehead atoms. The molecule has 15 N–H and O–H groups in total. The molecule has 7 atom stereocenters. The van der Waals surface area contributed by atoms with E-state index in [0.29, 0.717) is 24.0 Å². The number of aliphatic hydroxyl groups is 5. The van der Waals surface area contributed by atoms with Crippen molar-refractivity contribution in [1.29, 1.82) is 0 Å². The van der Waals surface area contributed by atoms with Crippen molar-refractivity contribution in [2.45, 2.75) is 61.9 Å². The minimum absolute atomic E-state index is 0.00893. The number of nitrogens with one attached hydrogen (secondary N) is 3. The van der Waals surface area contributed by atoms with E-state index in [1.54, 1.807) is 18.4 Å². The minimum Gasteiger partial charge on any atom is -0.507 e. The van der Waals surface area contributed by atoms with Gasteiger partial charge in [-0.2, -0.15) is 0 Å². The van der Waals surface area contributed by atoms with Gasteiger partial charge in [0.15, 0.2) is 11.7 Å². The largest absolute Gasteiger partial charge is 0.507 e. The number of aryl methyl sites for hydroxylation is 1. The zero-order valence-electron chi connectivity index (χ0n) is 34.8. The number of benzene rings is 2. The summed E-state index contributed by atoms with van der Waals surface area (Å²) in [4.78, 5) is 59.0. The summed E-state index contributed by atoms with van der Waals surface area (Å²) in [5.74, 6) is -7.92. The van der Waals surface area contributed by atoms with Crippen LogP contribution in [-0.4, -0.2) is 135 Å². The fourth-order valence-corrected chi connectivity index (χ4v) is 8.36. The number of nitrogens with zero attached hydrogens (tertiary/aromatic N) is 2. The van der Waals surface area contributed by atoms with Crippen LogP contribution in [0.1, 0.15) is 55.8 Å². The first kappa shape index (κ1) is 45.4. The molecule has 2 amide bonds. The lowest BCUT2D eigenvalue weighted by Gasteiger charge is -2.53. The molecule has 21 nitrogen and oxygen atoms in total. The fourth-order valence-electron chi connectivity index (χ4n) is 8.36. The van der Waals surface area contributed by atoms with Gasteiger partial charge in [-0.3, -0.25) is 29.1 Å². The molecule has 2 aromatic carbocycles. The van der Waals surface area contributed by atoms with Gasteiger partial charge in [0.1, 0.15) is 41.7 Å². The Kier molecular flexibility index (Phi) is 12.7. The molecule has 4 aliphatic heterocycles. The number of imide groups is 1. The highest BCUT2D eigenvalue weighted by molar-refractivity contribution is 6.30. The van der Waals surface area contributed by atoms with Gasteiger partial charge in [0.05, 0.1) is 30.2 Å². The molecule has 0 spiro atoms. The Hall–Kier alpha value is -6.59. The second-order valence-electron chi connectivity index (χ2n) is 15.8. The summed E-state index contributed by atoms with van der Waals surface area (Å²) in [6.07, 6.45) is 3.45. The summed E-state index contributed by atoms with van der Waals surface area (Å²) in [5, 5.41) is 78.6. The van der Waals surface area contributed by atoms with Crippen molar-refractivity contribution >= 4 is 29.3 Å². The number of ether oxygens (including phenoxy) is 3. The predicted molar refractivity (Wildman–Crippen MR) is 226 cm³/mol. The number of allylic oxidation sites excluding steroid dienone is 3. The number of aliphatic hydroxyl groups excluding tert-OH is 3. The molecule has 0 radical (unpaired) electrons. The average Bonchev–Trinajstić information content (AvgIpc) is 3.60. The summed E-state index contributed by atoms with van der Waals surface area (Å²) in [6.45, 7) is -1.68. The lowest BCUT2D eigenvalue weighted by atomic mass is 9.73. The van der Waals surface area contributed by atoms with Crippen molar-refractivity contribution in [3.05, 3.63) is 111 Å². The summed E-state index contributed by atoms with van der Waals surface area (Å²) in [7, 11) is 2.73. The number of phenols is 1. The number of aromatic hydroxyl groups is 1. The van der Waals surface area contributed by atoms with Crippen LogP contribution in [0, 0.1) is 5.92 Å². The third-order valence-corrected chi connectivity index (χ3v) is 11.9. The summed E-state index contributed by atoms with van der Waals surface area (Å²) < 4.78 is 17.1. The SMILES string of the molecule is CN=C(N)NCc1c(CCC2=CNC(N)C=C2)cc2c(c1O)C(=O)c1c(O[C@@H]3O[C@](O)(CO)[C@](O)(C[C@H](CN4C(=O)C=CC4=O)C4=CCNC(N)=C4)[C@H](O)[C@H]3O)cc(OC)cc1C2=O. The maximum absolute atomic E-state index is 14.6. The number of guanidine groups is 1. The summed E-state index contributed by atoms with van der Waals surface area (Å²) >= 11 is 0. The predicted octanol–water partition coefficient (Wildman–Crippen LogP) is -2.40. The van der Waals surface area contributed by atoms with Crippen molar-refractivity contribution in [2.24, 2.45) is 28.1 Å². The van der Waals surface area contributed by atoms with Gasteiger partial charge in [-0.25, -0.2) is 0 Å². The first-order chi connectivity index (χ1) is 30.4. The first-order valence-corrected chi connectivity index (χ1v) is 20.2. The van der Waals surface area contributed by atoms with E-state index < -0.39 is 89.3 Å². The minimum atomic E-state index is -3.13. The van der Waals surface area contributed by atoms with Crippen molar-refractivity contribution in [3.8, 4) is 17.2 Å². The average molecular weight is 887 g/mol. The molecule has 7 rings (SSSR count). The van der Waals surface area contributed by atoms with Gasteiger partial charge < -0.3 is 78.0 Å². The van der Waals surface area contributed by atoms with Gasteiger partial charge in [-0.1, -0.05) is 12.2 Å². The number of carbonyl (C=O) groups excluding carboxylic acids is 4. The Balaban J connectivity index is 1.23. The number of hydrogen-bond donors (Lipinski definition) is 12. The third-order valence-electron chi connectivity index (χ3n) is 11.9. The van der Waals surface area contributed by atoms with E-state index >= 15 is 0 Å². The summed E-state index contributed by atoms with van der Waals surface area (Å²) in [6, 6.07) is 3.96. The van der Waals surface area contributed by atoms with Crippen LogP contribution in [0.4, 0.5) is 0 Å². The maximum atomic E-state index is 14.6. The van der Waals surface area contributed by atoms with Crippen molar-refractivity contribution in [1.82, 2.24) is 20.9 Å². The molecular formula is C43H50N8O13. The molecular weight excluding hydrogens is 837 g/mol. The maximum Gasteiger partial charge on any atom is 0.253 e. The third kappa shape index (κ3) is 8.32. The van der Waals surface area contributed by atoms with E-state index in [0.717, 1.165) is 22.6 Å². The molecule has 64 heavy (non-hydrogen) atoms. The van der Waals surface area contributed by atoms with Crippen molar-refractivity contribution in [3.63, 3.8) is 0 Å². The number of nitrogens with two attached hydrogens (primary N) is 3. The Bertz CT molecular complexity index is 2450. The lowest BCUT2D eigenvalue weighted by molar-refractivity contribution is -0.420. The number of carbonyl (C=O) groups is 4. The van der Waals surface area contributed by atoms with Crippen LogP contribution in [0.5, 0.6) is 17.2 Å². The number of hydrogen-bond acceptors (Lipinski definition) is 18. The second-order valence-corrected chi connectivity index (χ2v) is 15.8. The van der Waals surface area contributed by atoms with Crippen LogP contribution in [0.3, 0.4) is 0 Å². The summed E-state index contributed by atoms with van der Waals surface area (Å²) in [5.41, 5.74) is 15.7. The second kappa shape index (κ2) is 17.9. The number of ketones is 2. The standard InChI is InChI=1S/C43H50N8O13/c1-47-41(46)50-17-27-22(5-3-20-4-6-29(44)49-16-20)11-25-34(36(27)56)37(57)33-26(35(25)55)13-24(62-2)14-28(33)63-40-38(58)39(59)42(60,43(61,19-52)64-40)15-23(21-9-10-48-30(45)12-21)18-51-31(53)7-8-32(51)54/h4,6-9,11-14,16,23,29,38-40,48-49,52,56,58-61H,3,5,10,15,17-19,44-45H2,1-2H3,(H3,46,47,50)/t23-,29?,38-,39-,40-,42+,43-/m1/s1. The van der Waals surface area contributed by atoms with Crippen LogP contribution in [0.25, 0.3) is 0 Å². The fraction of sp³-hybridized carbons (Fsp3) is 0.372. The molecule has 2 aromatic rings. The Morgan fingerprint density at radius 2 is 1.78 bits per heavy atom. The monoisotopic (exact) mass is 886 g/mol. The normalized spacial score (nSPS) is 26.9. The molecule has 5 aliphatic rings. The lowest BCUT2D eigenvalue weighted by Crippen LogP contribution is -2.75. The van der Waals surface area contributed by atoms with E-state index in [9.17, 15) is 49.8 Å². The van der Waals surface area contributed by atoms with Crippen molar-refractivity contribution in [2.75, 3.05) is 33.9 Å². The molecule has 21 heteroatoms. The zero-order chi connectivity index (χ0) is 46.2. The zero-order valence-corrected chi connectivity index (χ0v) is 34.8. The van der Waals surface area contributed by atoms with Crippen LogP contribution < -0.4 is 42.6 Å². The van der Waals surface area contributed by atoms with Gasteiger partial charge in [-0.05, 0) is 60.3 Å². The highest BCUT2D eigenvalue weighted by Crippen LogP contribution is 2.46. The van der Waals surface area contributed by atoms with Gasteiger partial charge in [0.2, 0.25) is 17.9 Å². The van der Waals surface area contributed by atoms with E-state index in [4.69, 9.17) is 31.4 Å². The van der Waals surface area contributed by atoms with Gasteiger partial charge in [0, 0.05) is 73.7 Å². The number of fused-ring (bicyclic) bond motifs is 2. The highest BCUT2D eigenvalue weighted by atomic mass is 16.8. The topological polar surface area (TPSA) is 347 Å². The number of rotatable bonds is 14. The molecule has 1 unspecified atom stereocenters. The molecule has 1 aliphatic carbocycles. The smallest absolute Gasteiger partial charge is 0.253 e. The van der Waals surface area contributed by atoms with Crippen LogP contribution >= 0.6 is 0 Å². The van der Waals surface area contributed by atoms with Crippen LogP contribution in [0.15, 0.2) is 82.8 Å². The first-order valence-electron chi connectivity index (χ1n) is 20.2. The number of methoxy groups -OCH3 is 1. The molecule has 340 valence electrons. The molecule has 1 fully saturated rings. The van der Waals surface area contributed by atoms with Crippen molar-refractivity contribution < 1.29 is 64.0 Å². The van der Waals surface area contributed by atoms with E-state index in [-0.39, 0.29) is 65.6 Å². The van der Waals surface area contributed by atoms with Gasteiger partial charge in [0.25, 0.3) is 11.8 Å². The molecule has 4 heterocycles. The number of amides is 2. The van der Waals surface area contributed by atoms with Crippen LogP contribution in [-0.2, 0) is 27.3 Å². The van der Waals surface area contributed by atoms with E-state index in [2.05, 4.69) is 20.9 Å². The Morgan fingerprint density at radius 3 is 2.42 bits per heavy atom. The van der Waals surface area contributed by atoms with E-state index in [1.807, 2.05) is 6.08 Å².